The third kappa shape index (κ3) is 3.35. The maximum atomic E-state index is 5.58. The lowest BCUT2D eigenvalue weighted by Gasteiger charge is -2.17. The predicted octanol–water partition coefficient (Wildman–Crippen LogP) is 2.65. The summed E-state index contributed by atoms with van der Waals surface area (Å²) in [7, 11) is 0. The predicted molar refractivity (Wildman–Crippen MR) is 75.4 cm³/mol. The van der Waals surface area contributed by atoms with Crippen molar-refractivity contribution in [1.82, 2.24) is 9.88 Å². The molecule has 0 radical (unpaired) electrons. The highest BCUT2D eigenvalue weighted by molar-refractivity contribution is 7.14. The lowest BCUT2D eigenvalue weighted by molar-refractivity contribution is 0.285. The molecule has 0 aliphatic carbocycles. The Hall–Kier alpha value is -0.750. The molecule has 2 aromatic rings. The van der Waals surface area contributed by atoms with Gasteiger partial charge in [-0.15, -0.1) is 11.3 Å². The monoisotopic (exact) mass is 267 g/mol. The van der Waals surface area contributed by atoms with E-state index in [-0.39, 0.29) is 0 Å². The Morgan fingerprint density at radius 2 is 2.29 bits per heavy atom. The fraction of sp³-hybridized carbons (Fsp3) is 0.417. The summed E-state index contributed by atoms with van der Waals surface area (Å²) in [5.41, 5.74) is 7.96. The van der Waals surface area contributed by atoms with Gasteiger partial charge < -0.3 is 5.73 Å². The Balaban J connectivity index is 2.03. The van der Waals surface area contributed by atoms with Gasteiger partial charge in [0.2, 0.25) is 0 Å². The molecule has 3 nitrogen and oxygen atoms in total. The first-order chi connectivity index (χ1) is 8.33. The number of likely N-dealkylation sites (N-methyl/N-ethyl adjacent to an activating group) is 1. The lowest BCUT2D eigenvalue weighted by Crippen LogP contribution is -2.28. The highest BCUT2D eigenvalue weighted by atomic mass is 32.1. The molecule has 0 spiro atoms. The number of thiazole rings is 1. The van der Waals surface area contributed by atoms with Crippen LogP contribution in [-0.2, 0) is 6.54 Å². The molecule has 92 valence electrons. The van der Waals surface area contributed by atoms with Crippen molar-refractivity contribution in [3.05, 3.63) is 27.9 Å². The first-order valence-corrected chi connectivity index (χ1v) is 7.55. The van der Waals surface area contributed by atoms with Crippen LogP contribution < -0.4 is 5.73 Å². The summed E-state index contributed by atoms with van der Waals surface area (Å²) in [6.07, 6.45) is 0. The Kier molecular flexibility index (Phi) is 4.67. The quantitative estimate of drug-likeness (QED) is 0.875. The number of thiophene rings is 1. The third-order valence-corrected chi connectivity index (χ3v) is 4.22. The molecule has 0 bridgehead atoms. The van der Waals surface area contributed by atoms with E-state index in [0.29, 0.717) is 6.54 Å². The summed E-state index contributed by atoms with van der Waals surface area (Å²) in [4.78, 5) is 6.98. The van der Waals surface area contributed by atoms with Crippen LogP contribution in [0.15, 0.2) is 22.2 Å². The van der Waals surface area contributed by atoms with Crippen molar-refractivity contribution in [3.63, 3.8) is 0 Å². The smallest absolute Gasteiger partial charge is 0.124 e. The van der Waals surface area contributed by atoms with Crippen LogP contribution in [0.2, 0.25) is 0 Å². The molecular weight excluding hydrogens is 250 g/mol. The summed E-state index contributed by atoms with van der Waals surface area (Å²) in [5, 5.41) is 7.49. The maximum absolute atomic E-state index is 5.58. The van der Waals surface area contributed by atoms with Crippen molar-refractivity contribution in [2.24, 2.45) is 5.73 Å². The Morgan fingerprint density at radius 1 is 1.41 bits per heavy atom. The highest BCUT2D eigenvalue weighted by Crippen LogP contribution is 2.25. The van der Waals surface area contributed by atoms with Gasteiger partial charge in [0.15, 0.2) is 0 Å². The second kappa shape index (κ2) is 6.26. The summed E-state index contributed by atoms with van der Waals surface area (Å²) in [6, 6.07) is 2.12. The van der Waals surface area contributed by atoms with Crippen molar-refractivity contribution < 1.29 is 0 Å². The van der Waals surface area contributed by atoms with E-state index in [1.165, 1.54) is 5.56 Å². The van der Waals surface area contributed by atoms with Gasteiger partial charge in [-0.2, -0.15) is 11.3 Å². The average molecular weight is 267 g/mol. The molecule has 0 saturated heterocycles. The molecule has 0 saturated carbocycles. The van der Waals surface area contributed by atoms with Crippen LogP contribution in [0.4, 0.5) is 0 Å². The van der Waals surface area contributed by atoms with E-state index < -0.39 is 0 Å². The summed E-state index contributed by atoms with van der Waals surface area (Å²) in [6.45, 7) is 5.70. The van der Waals surface area contributed by atoms with Gasteiger partial charge in [-0.1, -0.05) is 6.92 Å². The lowest BCUT2D eigenvalue weighted by atomic mass is 10.3. The molecular formula is C12H17N3S2. The zero-order valence-electron chi connectivity index (χ0n) is 9.93. The number of hydrogen-bond acceptors (Lipinski definition) is 5. The van der Waals surface area contributed by atoms with E-state index in [2.05, 4.69) is 39.0 Å². The van der Waals surface area contributed by atoms with Gasteiger partial charge in [-0.25, -0.2) is 4.98 Å². The van der Waals surface area contributed by atoms with E-state index in [0.717, 1.165) is 30.3 Å². The number of nitrogens with zero attached hydrogens (tertiary/aromatic N) is 2. The van der Waals surface area contributed by atoms with E-state index in [1.54, 1.807) is 22.7 Å². The van der Waals surface area contributed by atoms with Crippen molar-refractivity contribution in [2.45, 2.75) is 13.5 Å². The number of aromatic nitrogens is 1. The van der Waals surface area contributed by atoms with E-state index in [4.69, 9.17) is 5.73 Å². The molecule has 0 atom stereocenters. The largest absolute Gasteiger partial charge is 0.329 e. The van der Waals surface area contributed by atoms with Crippen LogP contribution in [0.25, 0.3) is 10.6 Å². The summed E-state index contributed by atoms with van der Waals surface area (Å²) < 4.78 is 0. The number of nitrogens with two attached hydrogens (primary N) is 1. The molecule has 0 aliphatic heterocycles. The average Bonchev–Trinajstić information content (AvgIpc) is 2.98. The van der Waals surface area contributed by atoms with Crippen LogP contribution in [0.5, 0.6) is 0 Å². The molecule has 2 aromatic heterocycles. The van der Waals surface area contributed by atoms with Gasteiger partial charge in [0, 0.05) is 36.0 Å². The minimum Gasteiger partial charge on any atom is -0.329 e. The van der Waals surface area contributed by atoms with Crippen LogP contribution >= 0.6 is 22.7 Å². The van der Waals surface area contributed by atoms with Crippen LogP contribution in [0.1, 0.15) is 12.6 Å². The number of hydrogen-bond donors (Lipinski definition) is 1. The maximum Gasteiger partial charge on any atom is 0.124 e. The van der Waals surface area contributed by atoms with Gasteiger partial charge in [-0.3, -0.25) is 4.90 Å². The molecule has 2 rings (SSSR count). The third-order valence-electron chi connectivity index (χ3n) is 2.60. The van der Waals surface area contributed by atoms with Gasteiger partial charge in [-0.05, 0) is 18.0 Å². The molecule has 2 N–H and O–H groups in total. The number of rotatable bonds is 6. The zero-order valence-corrected chi connectivity index (χ0v) is 11.6. The molecule has 0 fully saturated rings. The Bertz CT molecular complexity index is 436. The molecule has 0 amide bonds. The molecule has 0 unspecified atom stereocenters. The molecule has 2 heterocycles. The van der Waals surface area contributed by atoms with E-state index in [9.17, 15) is 0 Å². The summed E-state index contributed by atoms with van der Waals surface area (Å²) >= 11 is 3.43. The SMILES string of the molecule is CCN(CCN)Cc1csc(-c2ccsc2)n1. The van der Waals surface area contributed by atoms with Crippen molar-refractivity contribution in [3.8, 4) is 10.6 Å². The molecule has 0 aliphatic rings. The minimum absolute atomic E-state index is 0.704. The van der Waals surface area contributed by atoms with Crippen LogP contribution in [0, 0.1) is 0 Å². The standard InChI is InChI=1S/C12H17N3S2/c1-2-15(5-4-13)7-11-9-17-12(14-11)10-3-6-16-8-10/h3,6,8-9H,2,4-5,7,13H2,1H3. The van der Waals surface area contributed by atoms with Gasteiger partial charge >= 0.3 is 0 Å². The molecule has 17 heavy (non-hydrogen) atoms. The Labute approximate surface area is 110 Å². The van der Waals surface area contributed by atoms with Gasteiger partial charge in [0.25, 0.3) is 0 Å². The Morgan fingerprint density at radius 3 is 2.94 bits per heavy atom. The van der Waals surface area contributed by atoms with Crippen LogP contribution in [-0.4, -0.2) is 29.5 Å². The van der Waals surface area contributed by atoms with E-state index >= 15 is 0 Å². The fourth-order valence-electron chi connectivity index (χ4n) is 1.66. The molecule has 5 heteroatoms. The first kappa shape index (κ1) is 12.7. The first-order valence-electron chi connectivity index (χ1n) is 5.73. The second-order valence-corrected chi connectivity index (χ2v) is 5.45. The minimum atomic E-state index is 0.704. The zero-order chi connectivity index (χ0) is 12.1. The topological polar surface area (TPSA) is 42.1 Å². The highest BCUT2D eigenvalue weighted by Gasteiger charge is 2.08. The van der Waals surface area contributed by atoms with Gasteiger partial charge in [0.05, 0.1) is 5.69 Å². The van der Waals surface area contributed by atoms with Gasteiger partial charge in [0.1, 0.15) is 5.01 Å². The van der Waals surface area contributed by atoms with Crippen molar-refractivity contribution in [1.29, 1.82) is 0 Å². The second-order valence-electron chi connectivity index (χ2n) is 3.81. The van der Waals surface area contributed by atoms with E-state index in [1.807, 2.05) is 0 Å². The van der Waals surface area contributed by atoms with Crippen molar-refractivity contribution in [2.75, 3.05) is 19.6 Å². The summed E-state index contributed by atoms with van der Waals surface area (Å²) in [5.74, 6) is 0. The van der Waals surface area contributed by atoms with Crippen LogP contribution in [0.3, 0.4) is 0 Å². The molecule has 0 aromatic carbocycles. The fourth-order valence-corrected chi connectivity index (χ4v) is 3.18. The normalized spacial score (nSPS) is 11.2. The van der Waals surface area contributed by atoms with Crippen molar-refractivity contribution >= 4 is 22.7 Å².